The van der Waals surface area contributed by atoms with Crippen LogP contribution in [0.5, 0.6) is 0 Å². The van der Waals surface area contributed by atoms with Crippen LogP contribution in [0.3, 0.4) is 0 Å². The number of hydrazine groups is 1. The highest BCUT2D eigenvalue weighted by Crippen LogP contribution is 2.36. The van der Waals surface area contributed by atoms with Gasteiger partial charge in [0.25, 0.3) is 0 Å². The quantitative estimate of drug-likeness (QED) is 0.0107. The van der Waals surface area contributed by atoms with E-state index in [1.54, 1.807) is 0 Å². The number of ether oxygens (including phenoxy) is 12. The molecule has 6 heterocycles. The van der Waals surface area contributed by atoms with E-state index in [0.717, 1.165) is 0 Å². The van der Waals surface area contributed by atoms with E-state index in [2.05, 4.69) is 9.41 Å². The Labute approximate surface area is 463 Å². The number of carbonyl (C=O) groups is 1. The summed E-state index contributed by atoms with van der Waals surface area (Å²) in [6.45, 7) is -6.29. The summed E-state index contributed by atoms with van der Waals surface area (Å²) >= 11 is 0. The van der Waals surface area contributed by atoms with Crippen LogP contribution in [0.15, 0.2) is 0 Å². The number of rotatable bonds is 24. The van der Waals surface area contributed by atoms with Crippen LogP contribution in [-0.4, -0.2) is 323 Å². The van der Waals surface area contributed by atoms with Gasteiger partial charge >= 0.3 is 0 Å². The van der Waals surface area contributed by atoms with Crippen LogP contribution in [0.1, 0.15) is 12.8 Å². The number of phosphoric ester groups is 1. The first-order valence-electron chi connectivity index (χ1n) is 24.7. The van der Waals surface area contributed by atoms with E-state index in [1.165, 1.54) is 0 Å². The Hall–Kier alpha value is -1.64. The SMILES string of the molecule is NNC(=O)CCCO[C@@H]1OC(CO[C@H]2OC(CO[C@H]3OC(CO)[C@@H](O)[C@H](O)C3O[C@@H]3OC(CO[O-])[C@@H](O)[C@H](O)C3O)[C@@H](O)[C@H](O)C2O)[C@@H](O)[C@H](O[C@@H]2OC(CO)[C@@H](O)[C@H](O)C2O[C@H]2OC(COP(=O)([O-])[O-])[C@@H](O)[C@H](O)C2O)C1O.O=P[O-]. The van der Waals surface area contributed by atoms with Gasteiger partial charge in [0.1, 0.15) is 146 Å². The van der Waals surface area contributed by atoms with Gasteiger partial charge in [-0.15, -0.1) is 0 Å². The molecule has 6 fully saturated rings. The number of hydrogen-bond acceptors (Lipinski definition) is 39. The monoisotopic (exact) mass is 1250 g/mol. The number of aliphatic hydroxyl groups is 17. The molecule has 0 aliphatic carbocycles. The normalized spacial score (nSPS) is 45.7. The molecule has 6 saturated heterocycles. The number of nitrogens with one attached hydrogen (secondary N) is 1. The summed E-state index contributed by atoms with van der Waals surface area (Å²) in [6.07, 6.45) is -60.4. The summed E-state index contributed by atoms with van der Waals surface area (Å²) in [6, 6.07) is 0. The second-order valence-corrected chi connectivity index (χ2v) is 20.4. The van der Waals surface area contributed by atoms with Crippen molar-refractivity contribution in [2.75, 3.05) is 46.2 Å². The molecule has 6 aliphatic rings. The van der Waals surface area contributed by atoms with Crippen LogP contribution in [0.2, 0.25) is 0 Å². The van der Waals surface area contributed by atoms with Gasteiger partial charge in [0.2, 0.25) is 5.91 Å². The zero-order chi connectivity index (χ0) is 61.1. The lowest BCUT2D eigenvalue weighted by Crippen LogP contribution is -2.67. The second kappa shape index (κ2) is 32.5. The van der Waals surface area contributed by atoms with E-state index in [0.29, 0.717) is 0 Å². The lowest BCUT2D eigenvalue weighted by molar-refractivity contribution is -0.692. The Kier molecular flexibility index (Phi) is 28.2. The zero-order valence-electron chi connectivity index (χ0n) is 42.3. The molecular formula is C40H68N2O38P2-4. The van der Waals surface area contributed by atoms with Crippen molar-refractivity contribution in [1.29, 1.82) is 0 Å². The molecular weight excluding hydrogens is 1180 g/mol. The van der Waals surface area contributed by atoms with E-state index in [9.17, 15) is 111 Å². The minimum atomic E-state index is -5.71. The molecule has 0 aromatic rings. The van der Waals surface area contributed by atoms with E-state index in [4.69, 9.17) is 72.1 Å². The number of carbonyl (C=O) groups excluding carboxylic acids is 1. The molecule has 0 saturated carbocycles. The molecule has 0 spiro atoms. The Morgan fingerprint density at radius 3 is 1.30 bits per heavy atom. The smallest absolute Gasteiger partial charge is 0.233 e. The van der Waals surface area contributed by atoms with Crippen LogP contribution in [0.25, 0.3) is 0 Å². The molecule has 6 aliphatic heterocycles. The molecule has 82 heavy (non-hydrogen) atoms. The second-order valence-electron chi connectivity index (χ2n) is 19.1. The Morgan fingerprint density at radius 1 is 0.476 bits per heavy atom. The van der Waals surface area contributed by atoms with Crippen molar-refractivity contribution >= 4 is 22.4 Å². The van der Waals surface area contributed by atoms with Crippen molar-refractivity contribution in [3.8, 4) is 0 Å². The largest absolute Gasteiger partial charge is 0.790 e. The van der Waals surface area contributed by atoms with E-state index in [-0.39, 0.29) is 19.4 Å². The molecule has 12 unspecified atom stereocenters. The summed E-state index contributed by atoms with van der Waals surface area (Å²) < 4.78 is 91.3. The van der Waals surface area contributed by atoms with Gasteiger partial charge in [-0.3, -0.25) is 14.8 Å². The first-order chi connectivity index (χ1) is 38.7. The van der Waals surface area contributed by atoms with Crippen LogP contribution in [-0.2, 0) is 80.2 Å². The Morgan fingerprint density at radius 2 is 0.841 bits per heavy atom. The number of hydrogen-bond donors (Lipinski definition) is 19. The first kappa shape index (κ1) is 71.1. The van der Waals surface area contributed by atoms with Crippen molar-refractivity contribution in [2.45, 2.75) is 197 Å². The van der Waals surface area contributed by atoms with Gasteiger partial charge in [-0.05, 0) is 6.42 Å². The average Bonchev–Trinajstić information content (AvgIpc) is 3.50. The van der Waals surface area contributed by atoms with Gasteiger partial charge in [-0.1, -0.05) is 0 Å². The van der Waals surface area contributed by atoms with Crippen LogP contribution < -0.4 is 31.2 Å². The van der Waals surface area contributed by atoms with Crippen molar-refractivity contribution in [3.63, 3.8) is 0 Å². The lowest BCUT2D eigenvalue weighted by Gasteiger charge is -2.49. The Balaban J connectivity index is 0.00000402. The topological polar surface area (TPSA) is 655 Å². The maximum Gasteiger partial charge on any atom is 0.233 e. The third-order valence-corrected chi connectivity index (χ3v) is 14.1. The molecule has 1 amide bonds. The fraction of sp³-hybridized carbons (Fsp3) is 0.975. The number of phosphoric acid groups is 1. The molecule has 0 aromatic heterocycles. The van der Waals surface area contributed by atoms with Crippen molar-refractivity contribution < 1.29 is 187 Å². The standard InChI is InChI=1S/C40H71N2O36P.HO2P/c41-42-16(45)2-1-3-65-36-31(60)32(76-40-34(27(56)18(47)11(5-44)71-40)78-38-30(59)25(54)21(50)15(75-38)9-69-79(62,63)64)22(51)13(73-36)7-66-35-28(57)23(52)19(48)12(72-35)6-67-39-33(26(55)17(46)10(4-43)70-39)77-37-29(58)24(53)20(49)14(74-37)8-68-61;1-3-2/h10-15,17-40,43-44,46-61H,1-9,41H2,(H,42,45)(H2,62,63,64);(H,1,2)/p-4/t10?,11?,12?,13?,14?,15?,17-,18-,19-,20-,21-,22-,23+,24+,25+,26+,27+,28?,29?,30?,31?,32+,33?,34?,35+,36-,37+,38-,39+,40+;/m1./s1. The average molecular weight is 1250 g/mol. The van der Waals surface area contributed by atoms with Crippen molar-refractivity contribution in [2.24, 2.45) is 5.84 Å². The summed E-state index contributed by atoms with van der Waals surface area (Å²) in [5.41, 5.74) is 1.89. The van der Waals surface area contributed by atoms with Crippen molar-refractivity contribution in [3.05, 3.63) is 0 Å². The van der Waals surface area contributed by atoms with Crippen LogP contribution >= 0.6 is 16.5 Å². The van der Waals surface area contributed by atoms with Gasteiger partial charge in [-0.25, -0.2) is 5.84 Å². The van der Waals surface area contributed by atoms with E-state index >= 15 is 0 Å². The van der Waals surface area contributed by atoms with E-state index in [1.807, 2.05) is 5.43 Å². The molecule has 42 heteroatoms. The predicted molar refractivity (Wildman–Crippen MR) is 237 cm³/mol. The highest BCUT2D eigenvalue weighted by Gasteiger charge is 2.56. The lowest BCUT2D eigenvalue weighted by atomic mass is 9.96. The zero-order valence-corrected chi connectivity index (χ0v) is 44.1. The highest BCUT2D eigenvalue weighted by molar-refractivity contribution is 7.43. The number of aliphatic hydroxyl groups excluding tert-OH is 17. The highest BCUT2D eigenvalue weighted by atomic mass is 31.2. The molecule has 30 atom stereocenters. The number of nitrogens with two attached hydrogens (primary N) is 1. The minimum absolute atomic E-state index is 0.0704. The summed E-state index contributed by atoms with van der Waals surface area (Å²) in [5, 5.41) is 194. The Bertz CT molecular complexity index is 1960. The van der Waals surface area contributed by atoms with E-state index < -0.39 is 246 Å². The predicted octanol–water partition coefficient (Wildman–Crippen LogP) is -16.6. The molecule has 20 N–H and O–H groups in total. The molecule has 0 bridgehead atoms. The van der Waals surface area contributed by atoms with Crippen LogP contribution in [0.4, 0.5) is 0 Å². The minimum Gasteiger partial charge on any atom is -0.790 e. The fourth-order valence-corrected chi connectivity index (χ4v) is 9.42. The fourth-order valence-electron chi connectivity index (χ4n) is 9.09. The maximum atomic E-state index is 11.8. The third-order valence-electron chi connectivity index (χ3n) is 13.6. The molecule has 0 radical (unpaired) electrons. The number of amides is 1. The summed E-state index contributed by atoms with van der Waals surface area (Å²) in [5.74, 6) is 4.50. The molecule has 40 nitrogen and oxygen atoms in total. The molecule has 0 aromatic carbocycles. The molecule has 480 valence electrons. The van der Waals surface area contributed by atoms with Crippen molar-refractivity contribution in [1.82, 2.24) is 5.43 Å². The molecule has 6 rings (SSSR count). The van der Waals surface area contributed by atoms with Gasteiger partial charge in [0.05, 0.1) is 62.8 Å². The van der Waals surface area contributed by atoms with Gasteiger partial charge in [0.15, 0.2) is 37.7 Å². The maximum absolute atomic E-state index is 11.8. The van der Waals surface area contributed by atoms with Gasteiger partial charge in [0, 0.05) is 6.42 Å². The summed E-state index contributed by atoms with van der Waals surface area (Å²) in [7, 11) is -6.80. The van der Waals surface area contributed by atoms with Gasteiger partial charge < -0.3 is 178 Å². The summed E-state index contributed by atoms with van der Waals surface area (Å²) in [4.78, 5) is 46.2. The first-order valence-corrected chi connectivity index (χ1v) is 26.9. The van der Waals surface area contributed by atoms with Gasteiger partial charge in [-0.2, -0.15) is 0 Å². The van der Waals surface area contributed by atoms with Crippen LogP contribution in [0, 0.1) is 0 Å². The third kappa shape index (κ3) is 17.8.